The summed E-state index contributed by atoms with van der Waals surface area (Å²) in [6.07, 6.45) is 12.0. The van der Waals surface area contributed by atoms with Crippen LogP contribution in [-0.2, 0) is 4.79 Å². The first-order valence-electron chi connectivity index (χ1n) is 7.55. The molecule has 1 aliphatic heterocycles. The highest BCUT2D eigenvalue weighted by molar-refractivity contribution is 5.79. The summed E-state index contributed by atoms with van der Waals surface area (Å²) in [5.41, 5.74) is 2.29. The summed E-state index contributed by atoms with van der Waals surface area (Å²) in [7, 11) is 1.91. The van der Waals surface area contributed by atoms with Crippen molar-refractivity contribution in [3.63, 3.8) is 0 Å². The molecule has 0 spiro atoms. The Kier molecular flexibility index (Phi) is 3.92. The van der Waals surface area contributed by atoms with Gasteiger partial charge in [0.05, 0.1) is 0 Å². The van der Waals surface area contributed by atoms with E-state index >= 15 is 0 Å². The smallest absolute Gasteiger partial charge is 0.226 e. The number of hydrogen-bond donors (Lipinski definition) is 2. The average Bonchev–Trinajstić information content (AvgIpc) is 3.21. The third-order valence-corrected chi connectivity index (χ3v) is 4.30. The first-order valence-corrected chi connectivity index (χ1v) is 7.55. The second-order valence-corrected chi connectivity index (χ2v) is 5.78. The van der Waals surface area contributed by atoms with Gasteiger partial charge in [0.1, 0.15) is 0 Å². The van der Waals surface area contributed by atoms with Crippen LogP contribution in [-0.4, -0.2) is 43.0 Å². The zero-order chi connectivity index (χ0) is 13.9. The molecule has 2 fully saturated rings. The van der Waals surface area contributed by atoms with Gasteiger partial charge >= 0.3 is 0 Å². The van der Waals surface area contributed by atoms with Gasteiger partial charge in [-0.1, -0.05) is 17.7 Å². The quantitative estimate of drug-likeness (QED) is 0.815. The summed E-state index contributed by atoms with van der Waals surface area (Å²) >= 11 is 0. The van der Waals surface area contributed by atoms with Crippen LogP contribution in [0.15, 0.2) is 35.6 Å². The van der Waals surface area contributed by atoms with Gasteiger partial charge in [-0.2, -0.15) is 0 Å². The maximum Gasteiger partial charge on any atom is 0.226 e. The molecule has 0 aromatic rings. The molecule has 2 atom stereocenters. The molecule has 0 radical (unpaired) electrons. The standard InChI is InChI=1S/C16H23N3O/c1-17-13-5-2-4-12(6-7-13)10-16(20)19-9-3-8-18-14-11-15(14)19/h2,5-7,14-15,17-18H,3-4,8-11H2,1H3. The topological polar surface area (TPSA) is 44.4 Å². The van der Waals surface area contributed by atoms with Crippen molar-refractivity contribution in [1.29, 1.82) is 0 Å². The van der Waals surface area contributed by atoms with E-state index in [1.165, 1.54) is 5.57 Å². The molecule has 108 valence electrons. The normalized spacial score (nSPS) is 28.8. The maximum absolute atomic E-state index is 12.5. The minimum Gasteiger partial charge on any atom is -0.388 e. The largest absolute Gasteiger partial charge is 0.388 e. The van der Waals surface area contributed by atoms with Gasteiger partial charge in [0.2, 0.25) is 5.91 Å². The molecule has 2 N–H and O–H groups in total. The maximum atomic E-state index is 12.5. The number of nitrogens with zero attached hydrogens (tertiary/aromatic N) is 1. The predicted molar refractivity (Wildman–Crippen MR) is 80.1 cm³/mol. The Hall–Kier alpha value is -1.55. The Morgan fingerprint density at radius 1 is 1.50 bits per heavy atom. The fourth-order valence-corrected chi connectivity index (χ4v) is 3.02. The second kappa shape index (κ2) is 5.83. The van der Waals surface area contributed by atoms with E-state index in [-0.39, 0.29) is 0 Å². The number of rotatable bonds is 3. The lowest BCUT2D eigenvalue weighted by Gasteiger charge is -2.21. The molecule has 1 heterocycles. The van der Waals surface area contributed by atoms with Crippen LogP contribution < -0.4 is 10.6 Å². The number of carbonyl (C=O) groups is 1. The van der Waals surface area contributed by atoms with Gasteiger partial charge in [-0.05, 0) is 38.0 Å². The van der Waals surface area contributed by atoms with Crippen LogP contribution in [0.1, 0.15) is 25.7 Å². The first kappa shape index (κ1) is 13.4. The highest BCUT2D eigenvalue weighted by atomic mass is 16.2. The highest BCUT2D eigenvalue weighted by Crippen LogP contribution is 2.31. The van der Waals surface area contributed by atoms with Crippen molar-refractivity contribution >= 4 is 5.91 Å². The number of allylic oxidation sites excluding steroid dienone is 4. The summed E-state index contributed by atoms with van der Waals surface area (Å²) < 4.78 is 0. The third-order valence-electron chi connectivity index (χ3n) is 4.30. The molecule has 20 heavy (non-hydrogen) atoms. The molecular formula is C16H23N3O. The number of amides is 1. The van der Waals surface area contributed by atoms with Gasteiger partial charge < -0.3 is 15.5 Å². The minimum absolute atomic E-state index is 0.294. The number of carbonyl (C=O) groups excluding carboxylic acids is 1. The Balaban J connectivity index is 1.62. The number of nitrogens with one attached hydrogen (secondary N) is 2. The van der Waals surface area contributed by atoms with E-state index < -0.39 is 0 Å². The van der Waals surface area contributed by atoms with Crippen molar-refractivity contribution < 1.29 is 4.79 Å². The SMILES string of the molecule is CNC1=CC=C(CC(=O)N2CCCNC3CC32)CC=C1. The summed E-state index contributed by atoms with van der Waals surface area (Å²) in [4.78, 5) is 14.6. The van der Waals surface area contributed by atoms with E-state index in [0.29, 0.717) is 24.4 Å². The number of likely N-dealkylation sites (N-methyl/N-ethyl adjacent to an activating group) is 1. The Morgan fingerprint density at radius 2 is 2.40 bits per heavy atom. The van der Waals surface area contributed by atoms with Crippen LogP contribution in [0.5, 0.6) is 0 Å². The number of fused-ring (bicyclic) bond motifs is 1. The first-order chi connectivity index (χ1) is 9.78. The summed E-state index contributed by atoms with van der Waals surface area (Å²) in [5.74, 6) is 0.294. The van der Waals surface area contributed by atoms with Crippen LogP contribution in [0.25, 0.3) is 0 Å². The van der Waals surface area contributed by atoms with E-state index in [4.69, 9.17) is 0 Å². The Labute approximate surface area is 120 Å². The Bertz CT molecular complexity index is 478. The summed E-state index contributed by atoms with van der Waals surface area (Å²) in [6.45, 7) is 1.96. The van der Waals surface area contributed by atoms with Crippen molar-refractivity contribution in [1.82, 2.24) is 15.5 Å². The molecule has 1 amide bonds. The van der Waals surface area contributed by atoms with Gasteiger partial charge in [-0.25, -0.2) is 0 Å². The second-order valence-electron chi connectivity index (χ2n) is 5.78. The Morgan fingerprint density at radius 3 is 3.25 bits per heavy atom. The van der Waals surface area contributed by atoms with Gasteiger partial charge in [0, 0.05) is 37.8 Å². The van der Waals surface area contributed by atoms with E-state index in [1.807, 2.05) is 7.05 Å². The van der Waals surface area contributed by atoms with Crippen molar-refractivity contribution in [3.05, 3.63) is 35.6 Å². The molecule has 3 rings (SSSR count). The molecule has 4 heteroatoms. The van der Waals surface area contributed by atoms with Crippen LogP contribution in [0.4, 0.5) is 0 Å². The fraction of sp³-hybridized carbons (Fsp3) is 0.562. The predicted octanol–water partition coefficient (Wildman–Crippen LogP) is 1.33. The molecular weight excluding hydrogens is 250 g/mol. The molecule has 0 aromatic heterocycles. The van der Waals surface area contributed by atoms with Gasteiger partial charge in [0.25, 0.3) is 0 Å². The lowest BCUT2D eigenvalue weighted by atomic mass is 10.1. The van der Waals surface area contributed by atoms with Crippen molar-refractivity contribution in [2.24, 2.45) is 0 Å². The monoisotopic (exact) mass is 273 g/mol. The molecule has 2 aliphatic carbocycles. The molecule has 1 saturated heterocycles. The van der Waals surface area contributed by atoms with E-state index in [0.717, 1.165) is 38.0 Å². The van der Waals surface area contributed by atoms with Gasteiger partial charge in [0.15, 0.2) is 0 Å². The van der Waals surface area contributed by atoms with Crippen LogP contribution in [0, 0.1) is 0 Å². The summed E-state index contributed by atoms with van der Waals surface area (Å²) in [6, 6.07) is 1.01. The molecule has 4 nitrogen and oxygen atoms in total. The lowest BCUT2D eigenvalue weighted by Crippen LogP contribution is -2.35. The fourth-order valence-electron chi connectivity index (χ4n) is 3.02. The van der Waals surface area contributed by atoms with Crippen LogP contribution >= 0.6 is 0 Å². The van der Waals surface area contributed by atoms with E-state index in [2.05, 4.69) is 39.8 Å². The number of hydrogen-bond acceptors (Lipinski definition) is 3. The average molecular weight is 273 g/mol. The highest BCUT2D eigenvalue weighted by Gasteiger charge is 2.44. The van der Waals surface area contributed by atoms with Crippen molar-refractivity contribution in [2.75, 3.05) is 20.1 Å². The van der Waals surface area contributed by atoms with E-state index in [1.54, 1.807) is 0 Å². The van der Waals surface area contributed by atoms with Crippen LogP contribution in [0.2, 0.25) is 0 Å². The van der Waals surface area contributed by atoms with Crippen molar-refractivity contribution in [2.45, 2.75) is 37.8 Å². The van der Waals surface area contributed by atoms with Crippen molar-refractivity contribution in [3.8, 4) is 0 Å². The zero-order valence-corrected chi connectivity index (χ0v) is 12.1. The van der Waals surface area contributed by atoms with E-state index in [9.17, 15) is 4.79 Å². The lowest BCUT2D eigenvalue weighted by molar-refractivity contribution is -0.131. The van der Waals surface area contributed by atoms with Gasteiger partial charge in [-0.3, -0.25) is 4.79 Å². The molecule has 1 saturated carbocycles. The molecule has 3 aliphatic rings. The van der Waals surface area contributed by atoms with Crippen LogP contribution in [0.3, 0.4) is 0 Å². The van der Waals surface area contributed by atoms with Gasteiger partial charge in [-0.15, -0.1) is 0 Å². The third kappa shape index (κ3) is 2.96. The molecule has 0 aromatic carbocycles. The molecule has 0 bridgehead atoms. The zero-order valence-electron chi connectivity index (χ0n) is 12.1. The summed E-state index contributed by atoms with van der Waals surface area (Å²) in [5, 5.41) is 6.62. The molecule has 2 unspecified atom stereocenters. The minimum atomic E-state index is 0.294.